The lowest BCUT2D eigenvalue weighted by atomic mass is 10.4. The van der Waals surface area contributed by atoms with E-state index in [0.29, 0.717) is 0 Å². The molecular formula is C6H10NO4P. The molecule has 0 aliphatic heterocycles. The third-order valence-corrected chi connectivity index (χ3v) is 1.08. The SMILES string of the molecule is NOP(=O)(O)O.c1ccccc1. The normalized spacial score (nSPS) is 9.92. The summed E-state index contributed by atoms with van der Waals surface area (Å²) in [5.41, 5.74) is 0. The van der Waals surface area contributed by atoms with Crippen LogP contribution in [0.15, 0.2) is 36.4 Å². The molecule has 0 fully saturated rings. The molecule has 4 N–H and O–H groups in total. The van der Waals surface area contributed by atoms with E-state index in [1.165, 1.54) is 0 Å². The molecule has 12 heavy (non-hydrogen) atoms. The molecule has 68 valence electrons. The van der Waals surface area contributed by atoms with Gasteiger partial charge in [0.15, 0.2) is 0 Å². The number of benzene rings is 1. The van der Waals surface area contributed by atoms with Gasteiger partial charge in [0.05, 0.1) is 0 Å². The van der Waals surface area contributed by atoms with Crippen molar-refractivity contribution in [1.29, 1.82) is 0 Å². The second-order valence-electron chi connectivity index (χ2n) is 1.75. The fourth-order valence-electron chi connectivity index (χ4n) is 0.385. The Morgan fingerprint density at radius 2 is 1.17 bits per heavy atom. The van der Waals surface area contributed by atoms with Crippen molar-refractivity contribution in [1.82, 2.24) is 0 Å². The van der Waals surface area contributed by atoms with E-state index in [1.54, 1.807) is 0 Å². The number of phosphoric acid groups is 1. The van der Waals surface area contributed by atoms with Crippen molar-refractivity contribution in [3.05, 3.63) is 36.4 Å². The van der Waals surface area contributed by atoms with Gasteiger partial charge in [0.2, 0.25) is 0 Å². The van der Waals surface area contributed by atoms with E-state index >= 15 is 0 Å². The van der Waals surface area contributed by atoms with E-state index in [4.69, 9.17) is 9.79 Å². The van der Waals surface area contributed by atoms with Crippen LogP contribution < -0.4 is 5.90 Å². The summed E-state index contributed by atoms with van der Waals surface area (Å²) in [6, 6.07) is 12.0. The van der Waals surface area contributed by atoms with Crippen molar-refractivity contribution < 1.29 is 19.0 Å². The lowest BCUT2D eigenvalue weighted by Crippen LogP contribution is -1.93. The third-order valence-electron chi connectivity index (χ3n) is 0.804. The van der Waals surface area contributed by atoms with E-state index in [2.05, 4.69) is 10.5 Å². The molecule has 0 spiro atoms. The standard InChI is InChI=1S/C6H6.H4NO4P/c1-2-4-6-5-3-1;1-5-6(2,3)4/h1-6H;1H2,(H2,2,3,4). The van der Waals surface area contributed by atoms with Gasteiger partial charge < -0.3 is 9.79 Å². The zero-order valence-corrected chi connectivity index (χ0v) is 7.09. The van der Waals surface area contributed by atoms with Gasteiger partial charge in [0.25, 0.3) is 0 Å². The zero-order valence-electron chi connectivity index (χ0n) is 6.20. The first-order valence-electron chi connectivity index (χ1n) is 3.00. The fraction of sp³-hybridized carbons (Fsp3) is 0. The van der Waals surface area contributed by atoms with Crippen LogP contribution in [-0.4, -0.2) is 9.79 Å². The van der Waals surface area contributed by atoms with Crippen LogP contribution in [-0.2, 0) is 9.19 Å². The van der Waals surface area contributed by atoms with E-state index in [9.17, 15) is 4.57 Å². The second-order valence-corrected chi connectivity index (χ2v) is 2.94. The molecule has 1 aromatic rings. The highest BCUT2D eigenvalue weighted by atomic mass is 31.2. The Morgan fingerprint density at radius 1 is 1.00 bits per heavy atom. The van der Waals surface area contributed by atoms with Crippen molar-refractivity contribution in [2.24, 2.45) is 5.90 Å². The highest BCUT2D eigenvalue weighted by molar-refractivity contribution is 7.46. The highest BCUT2D eigenvalue weighted by Gasteiger charge is 2.08. The van der Waals surface area contributed by atoms with Crippen molar-refractivity contribution in [2.45, 2.75) is 0 Å². The molecule has 1 rings (SSSR count). The van der Waals surface area contributed by atoms with Crippen LogP contribution in [0.3, 0.4) is 0 Å². The molecule has 0 heterocycles. The van der Waals surface area contributed by atoms with Gasteiger partial charge in [-0.25, -0.2) is 15.1 Å². The maximum atomic E-state index is 9.35. The van der Waals surface area contributed by atoms with Crippen LogP contribution in [0.25, 0.3) is 0 Å². The van der Waals surface area contributed by atoms with Crippen molar-refractivity contribution in [2.75, 3.05) is 0 Å². The molecule has 0 atom stereocenters. The monoisotopic (exact) mass is 191 g/mol. The van der Waals surface area contributed by atoms with Gasteiger partial charge in [0, 0.05) is 0 Å². The first-order valence-corrected chi connectivity index (χ1v) is 4.53. The van der Waals surface area contributed by atoms with Gasteiger partial charge >= 0.3 is 7.82 Å². The molecule has 0 aliphatic carbocycles. The Kier molecular flexibility index (Phi) is 5.53. The molecule has 0 amide bonds. The summed E-state index contributed by atoms with van der Waals surface area (Å²) >= 11 is 0. The third kappa shape index (κ3) is 9.29. The largest absolute Gasteiger partial charge is 0.485 e. The van der Waals surface area contributed by atoms with Crippen LogP contribution in [0, 0.1) is 0 Å². The molecule has 0 aliphatic rings. The molecule has 0 saturated carbocycles. The van der Waals surface area contributed by atoms with Crippen LogP contribution in [0.5, 0.6) is 0 Å². The van der Waals surface area contributed by atoms with E-state index in [0.717, 1.165) is 0 Å². The maximum absolute atomic E-state index is 9.35. The maximum Gasteiger partial charge on any atom is 0.485 e. The van der Waals surface area contributed by atoms with Crippen LogP contribution >= 0.6 is 7.82 Å². The molecule has 5 nitrogen and oxygen atoms in total. The number of hydrogen-bond acceptors (Lipinski definition) is 3. The summed E-state index contributed by atoms with van der Waals surface area (Å²) < 4.78 is 12.5. The summed E-state index contributed by atoms with van der Waals surface area (Å²) in [6.45, 7) is 0. The number of hydrogen-bond donors (Lipinski definition) is 3. The minimum absolute atomic E-state index is 2.00. The molecule has 0 aromatic heterocycles. The van der Waals surface area contributed by atoms with Crippen LogP contribution in [0.2, 0.25) is 0 Å². The summed E-state index contributed by atoms with van der Waals surface area (Å²) in [6.07, 6.45) is 0. The van der Waals surface area contributed by atoms with Gasteiger partial charge in [0.1, 0.15) is 0 Å². The summed E-state index contributed by atoms with van der Waals surface area (Å²) in [5.74, 6) is 4.04. The molecule has 0 unspecified atom stereocenters. The molecule has 6 heteroatoms. The second kappa shape index (κ2) is 5.88. The Morgan fingerprint density at radius 3 is 1.25 bits per heavy atom. The summed E-state index contributed by atoms with van der Waals surface area (Å²) in [5, 5.41) is 0. The highest BCUT2D eigenvalue weighted by Crippen LogP contribution is 2.32. The lowest BCUT2D eigenvalue weighted by Gasteiger charge is -1.92. The predicted octanol–water partition coefficient (Wildman–Crippen LogP) is 0.656. The number of nitrogens with two attached hydrogens (primary N) is 1. The fourth-order valence-corrected chi connectivity index (χ4v) is 0.385. The average Bonchev–Trinajstić information content (AvgIpc) is 2.07. The Hall–Kier alpha value is -0.710. The first kappa shape index (κ1) is 11.3. The predicted molar refractivity (Wildman–Crippen MR) is 43.8 cm³/mol. The minimum Gasteiger partial charge on any atom is -0.302 e. The summed E-state index contributed by atoms with van der Waals surface area (Å²) in [4.78, 5) is 15.2. The average molecular weight is 191 g/mol. The first-order chi connectivity index (χ1) is 5.56. The summed E-state index contributed by atoms with van der Waals surface area (Å²) in [7, 11) is -4.37. The van der Waals surface area contributed by atoms with Crippen molar-refractivity contribution in [3.63, 3.8) is 0 Å². The van der Waals surface area contributed by atoms with E-state index in [-0.39, 0.29) is 0 Å². The zero-order chi connectivity index (χ0) is 9.45. The number of rotatable bonds is 1. The topological polar surface area (TPSA) is 92.8 Å². The van der Waals surface area contributed by atoms with Gasteiger partial charge in [-0.15, -0.1) is 0 Å². The van der Waals surface area contributed by atoms with Crippen molar-refractivity contribution >= 4 is 7.82 Å². The van der Waals surface area contributed by atoms with Crippen LogP contribution in [0.4, 0.5) is 0 Å². The smallest absolute Gasteiger partial charge is 0.302 e. The molecule has 0 saturated heterocycles. The quantitative estimate of drug-likeness (QED) is 0.447. The lowest BCUT2D eigenvalue weighted by molar-refractivity contribution is 0.201. The van der Waals surface area contributed by atoms with Gasteiger partial charge in [-0.2, -0.15) is 0 Å². The molecule has 1 aromatic carbocycles. The van der Waals surface area contributed by atoms with Crippen LogP contribution in [0.1, 0.15) is 0 Å². The molecule has 0 bridgehead atoms. The molecule has 0 radical (unpaired) electrons. The minimum atomic E-state index is -4.37. The van der Waals surface area contributed by atoms with Gasteiger partial charge in [-0.3, -0.25) is 0 Å². The Bertz CT molecular complexity index is 208. The Balaban J connectivity index is 0.000000202. The van der Waals surface area contributed by atoms with Gasteiger partial charge in [-0.1, -0.05) is 36.4 Å². The Labute approximate surface area is 70.0 Å². The van der Waals surface area contributed by atoms with E-state index < -0.39 is 7.82 Å². The molecular weight excluding hydrogens is 181 g/mol. The van der Waals surface area contributed by atoms with Gasteiger partial charge in [-0.05, 0) is 0 Å². The van der Waals surface area contributed by atoms with E-state index in [1.807, 2.05) is 36.4 Å². The van der Waals surface area contributed by atoms with Crippen molar-refractivity contribution in [3.8, 4) is 0 Å².